The van der Waals surface area contributed by atoms with Crippen molar-refractivity contribution in [3.63, 3.8) is 0 Å². The van der Waals surface area contributed by atoms with E-state index in [4.69, 9.17) is 26.6 Å². The molecule has 91 heavy (non-hydrogen) atoms. The van der Waals surface area contributed by atoms with Crippen molar-refractivity contribution in [2.75, 3.05) is 129 Å². The van der Waals surface area contributed by atoms with Crippen LogP contribution in [0.4, 0.5) is 21.0 Å². The SMILES string of the molecule is CCO[Si](CCCNC(=O)NCCNc1ccc(S(=O)(=O)N2C/C=C/CN(S(=O)(=O)c3ccc(NCCNC(=O)NCCC[Si](OCC)(OCC)OCC)cc3)C/C=C/CN(S(=O)(=O)c3c(C(C)C)cc(C(C)C)cc3C(C)C)C/C=C/C2)cc1)(OCC)OCC. The highest BCUT2D eigenvalue weighted by molar-refractivity contribution is 7.89. The maximum absolute atomic E-state index is 15.2. The van der Waals surface area contributed by atoms with Gasteiger partial charge in [-0.3, -0.25) is 0 Å². The summed E-state index contributed by atoms with van der Waals surface area (Å²) in [4.78, 5) is 25.4. The second-order valence-corrected chi connectivity index (χ2v) is 33.5. The molecule has 4 amide bonds. The molecule has 512 valence electrons. The van der Waals surface area contributed by atoms with Crippen LogP contribution in [-0.2, 0) is 56.6 Å². The van der Waals surface area contributed by atoms with Gasteiger partial charge in [-0.2, -0.15) is 12.9 Å². The van der Waals surface area contributed by atoms with E-state index in [-0.39, 0.29) is 96.9 Å². The number of anilines is 2. The Morgan fingerprint density at radius 1 is 0.418 bits per heavy atom. The van der Waals surface area contributed by atoms with Crippen molar-refractivity contribution in [2.24, 2.45) is 0 Å². The van der Waals surface area contributed by atoms with Gasteiger partial charge in [-0.25, -0.2) is 34.8 Å². The number of carbonyl (C=O) groups is 2. The molecule has 3 aromatic rings. The van der Waals surface area contributed by atoms with Crippen LogP contribution in [0.3, 0.4) is 0 Å². The highest BCUT2D eigenvalue weighted by Crippen LogP contribution is 2.37. The lowest BCUT2D eigenvalue weighted by Gasteiger charge is -2.28. The molecule has 0 saturated carbocycles. The van der Waals surface area contributed by atoms with Crippen LogP contribution in [0.2, 0.25) is 12.1 Å². The summed E-state index contributed by atoms with van der Waals surface area (Å²) in [6.45, 7) is 27.5. The molecule has 1 aliphatic heterocycles. The van der Waals surface area contributed by atoms with E-state index in [0.717, 1.165) is 5.56 Å². The lowest BCUT2D eigenvalue weighted by atomic mass is 9.89. The minimum atomic E-state index is -4.23. The summed E-state index contributed by atoms with van der Waals surface area (Å²) in [6.07, 6.45) is 11.0. The summed E-state index contributed by atoms with van der Waals surface area (Å²) in [7, 11) is -18.3. The number of urea groups is 2. The fourth-order valence-electron chi connectivity index (χ4n) is 9.98. The lowest BCUT2D eigenvalue weighted by Crippen LogP contribution is -2.46. The molecule has 1 heterocycles. The molecule has 3 aromatic carbocycles. The van der Waals surface area contributed by atoms with Gasteiger partial charge in [0, 0.05) is 142 Å². The van der Waals surface area contributed by atoms with Crippen molar-refractivity contribution in [3.8, 4) is 0 Å². The molecule has 0 atom stereocenters. The summed E-state index contributed by atoms with van der Waals surface area (Å²) in [6, 6.07) is 16.9. The minimum absolute atomic E-state index is 0.000956. The van der Waals surface area contributed by atoms with Crippen LogP contribution in [-0.4, -0.2) is 186 Å². The van der Waals surface area contributed by atoms with Crippen LogP contribution in [0.15, 0.2) is 112 Å². The minimum Gasteiger partial charge on any atom is -0.383 e. The lowest BCUT2D eigenvalue weighted by molar-refractivity contribution is 0.0700. The molecule has 6 N–H and O–H groups in total. The predicted molar refractivity (Wildman–Crippen MR) is 365 cm³/mol. The smallest absolute Gasteiger partial charge is 0.383 e. The van der Waals surface area contributed by atoms with E-state index >= 15 is 8.42 Å². The van der Waals surface area contributed by atoms with Gasteiger partial charge in [0.2, 0.25) is 30.1 Å². The van der Waals surface area contributed by atoms with Crippen molar-refractivity contribution in [1.29, 1.82) is 0 Å². The number of sulfonamides is 3. The number of nitrogens with one attached hydrogen (secondary N) is 6. The average Bonchev–Trinajstić information content (AvgIpc) is 0.806. The number of amides is 4. The van der Waals surface area contributed by atoms with Crippen molar-refractivity contribution in [1.82, 2.24) is 34.2 Å². The second-order valence-electron chi connectivity index (χ2n) is 22.3. The van der Waals surface area contributed by atoms with Crippen LogP contribution in [0, 0.1) is 0 Å². The van der Waals surface area contributed by atoms with E-state index in [9.17, 15) is 26.4 Å². The van der Waals surface area contributed by atoms with E-state index in [1.54, 1.807) is 60.7 Å². The van der Waals surface area contributed by atoms with Gasteiger partial charge < -0.3 is 58.5 Å². The van der Waals surface area contributed by atoms with Gasteiger partial charge in [0.15, 0.2) is 0 Å². The Bertz CT molecular complexity index is 2910. The van der Waals surface area contributed by atoms with Crippen LogP contribution in [0.5, 0.6) is 0 Å². The van der Waals surface area contributed by atoms with Gasteiger partial charge in [0.05, 0.1) is 14.7 Å². The van der Waals surface area contributed by atoms with Gasteiger partial charge in [0.25, 0.3) is 0 Å². The molecule has 0 aromatic heterocycles. The van der Waals surface area contributed by atoms with Gasteiger partial charge in [-0.15, -0.1) is 0 Å². The summed E-state index contributed by atoms with van der Waals surface area (Å²) in [5.74, 6) is -0.134. The van der Waals surface area contributed by atoms with E-state index in [1.165, 1.54) is 37.2 Å². The van der Waals surface area contributed by atoms with E-state index in [0.29, 0.717) is 113 Å². The van der Waals surface area contributed by atoms with E-state index in [2.05, 4.69) is 45.7 Å². The van der Waals surface area contributed by atoms with Crippen LogP contribution in [0.25, 0.3) is 0 Å². The number of rotatable bonds is 37. The fraction of sp³-hybridized carbons (Fsp3) is 0.587. The van der Waals surface area contributed by atoms with Crippen molar-refractivity contribution < 1.29 is 61.4 Å². The number of carbonyl (C=O) groups excluding carboxylic acids is 2. The zero-order chi connectivity index (χ0) is 67.1. The zero-order valence-corrected chi connectivity index (χ0v) is 60.3. The Balaban J connectivity index is 1.53. The highest BCUT2D eigenvalue weighted by atomic mass is 32.2. The normalized spacial score (nSPS) is 15.9. The molecule has 23 nitrogen and oxygen atoms in total. The third kappa shape index (κ3) is 24.7. The molecule has 0 aliphatic carbocycles. The molecule has 1 aliphatic rings. The molecule has 0 unspecified atom stereocenters. The third-order valence-corrected chi connectivity index (χ3v) is 26.5. The van der Waals surface area contributed by atoms with E-state index < -0.39 is 47.7 Å². The van der Waals surface area contributed by atoms with Crippen molar-refractivity contribution in [2.45, 2.75) is 140 Å². The molecular weight excluding hydrogens is 1260 g/mol. The average molecular weight is 1360 g/mol. The maximum Gasteiger partial charge on any atom is 0.500 e. The Morgan fingerprint density at radius 3 is 0.978 bits per heavy atom. The number of benzene rings is 3. The summed E-state index contributed by atoms with van der Waals surface area (Å²) < 4.78 is 128. The first-order valence-corrected chi connectivity index (χ1v) is 40.3. The van der Waals surface area contributed by atoms with Crippen molar-refractivity contribution >= 4 is 71.1 Å². The largest absolute Gasteiger partial charge is 0.500 e. The van der Waals surface area contributed by atoms with Crippen molar-refractivity contribution in [3.05, 3.63) is 114 Å². The topological polar surface area (TPSA) is 274 Å². The van der Waals surface area contributed by atoms with Gasteiger partial charge in [0.1, 0.15) is 0 Å². The standard InChI is InChI=1S/C63H105N9O14S3Si2/c1-13-81-90(82-14-2,83-15-3)47-25-35-66-62(73)68-39-37-64-55-27-31-57(32-28-55)87(75,76)70-41-19-20-42-71(44-22-24-46-72(45-23-21-43-70)89(79,80)61-59(52(9)10)49-54(51(7)8)50-60(61)53(11)12)88(77,78)58-33-29-56(30-34-58)65-38-40-69-63(74)67-36-26-48-91(84-16-4,85-17-5)86-18-6/h19-24,27-34,49-53,64-65H,13-18,25-26,35-48H2,1-12H3,(H2,66,68,73)(H2,67,69,74)/b20-19+,23-21+,24-22+. The first-order valence-electron chi connectivity index (χ1n) is 32.1. The van der Waals surface area contributed by atoms with Crippen LogP contribution >= 0.6 is 0 Å². The quantitative estimate of drug-likeness (QED) is 0.0178. The molecular formula is C63H105N9O14S3Si2. The predicted octanol–water partition coefficient (Wildman–Crippen LogP) is 9.41. The molecule has 4 rings (SSSR count). The van der Waals surface area contributed by atoms with Crippen LogP contribution in [0.1, 0.15) is 130 Å². The van der Waals surface area contributed by atoms with Gasteiger partial charge >= 0.3 is 29.7 Å². The summed E-state index contributed by atoms with van der Waals surface area (Å²) in [5, 5.41) is 17.8. The number of hydrogen-bond acceptors (Lipinski definition) is 16. The van der Waals surface area contributed by atoms with E-state index in [1.807, 2.05) is 81.4 Å². The first-order chi connectivity index (χ1) is 43.4. The molecule has 0 radical (unpaired) electrons. The Hall–Kier alpha value is -5.06. The molecule has 0 saturated heterocycles. The Labute approximate surface area is 546 Å². The number of hydrogen-bond donors (Lipinski definition) is 6. The third-order valence-electron chi connectivity index (χ3n) is 14.6. The number of nitrogens with zero attached hydrogens (tertiary/aromatic N) is 3. The van der Waals surface area contributed by atoms with Crippen LogP contribution < -0.4 is 31.9 Å². The highest BCUT2D eigenvalue weighted by Gasteiger charge is 2.41. The molecule has 0 spiro atoms. The first kappa shape index (κ1) is 78.4. The summed E-state index contributed by atoms with van der Waals surface area (Å²) in [5.41, 5.74) is 3.67. The Morgan fingerprint density at radius 2 is 0.703 bits per heavy atom. The van der Waals surface area contributed by atoms with Gasteiger partial charge in [-0.1, -0.05) is 90.1 Å². The molecule has 0 bridgehead atoms. The molecule has 0 fully saturated rings. The Kier molecular flexibility index (Phi) is 34.1. The monoisotopic (exact) mass is 1360 g/mol. The second kappa shape index (κ2) is 39.6. The fourth-order valence-corrected chi connectivity index (χ4v) is 19.9. The molecule has 28 heteroatoms. The zero-order valence-electron chi connectivity index (χ0n) is 55.8. The maximum atomic E-state index is 15.2. The van der Waals surface area contributed by atoms with Gasteiger partial charge in [-0.05, 0) is 137 Å². The summed E-state index contributed by atoms with van der Waals surface area (Å²) >= 11 is 0.